The lowest BCUT2D eigenvalue weighted by Gasteiger charge is -2.29. The highest BCUT2D eigenvalue weighted by Gasteiger charge is 2.24. The summed E-state index contributed by atoms with van der Waals surface area (Å²) < 4.78 is 12.1. The summed E-state index contributed by atoms with van der Waals surface area (Å²) in [6, 6.07) is 27.8. The van der Waals surface area contributed by atoms with Crippen molar-refractivity contribution < 1.29 is 29.0 Å². The van der Waals surface area contributed by atoms with Gasteiger partial charge in [-0.1, -0.05) is 48.0 Å². The number of carbonyl (C=O) groups is 3. The van der Waals surface area contributed by atoms with Gasteiger partial charge in [0.2, 0.25) is 5.91 Å². The highest BCUT2D eigenvalue weighted by atomic mass is 35.5. The number of para-hydroxylation sites is 2. The molecule has 5 rings (SSSR count). The van der Waals surface area contributed by atoms with Crippen molar-refractivity contribution in [3.05, 3.63) is 113 Å². The number of nitrogens with one attached hydrogen (secondary N) is 3. The normalized spacial score (nSPS) is 15.9. The number of rotatable bonds is 10. The molecule has 0 spiro atoms. The molecule has 1 aliphatic carbocycles. The molecule has 0 saturated heterocycles. The molecule has 0 atom stereocenters. The van der Waals surface area contributed by atoms with Crippen molar-refractivity contribution in [2.24, 2.45) is 0 Å². The van der Waals surface area contributed by atoms with Crippen LogP contribution in [0.5, 0.6) is 17.2 Å². The molecule has 226 valence electrons. The Hall–Kier alpha value is -5.02. The number of amides is 3. The number of halogens is 1. The molecule has 1 saturated carbocycles. The van der Waals surface area contributed by atoms with E-state index in [1.54, 1.807) is 54.6 Å². The standard InChI is InChI=1S/C34H32ClN3O6/c35-29-6-2-4-8-31(29)38-34(42)36-23-11-15-25(16-12-23)44-27-19-17-26(18-20-27)43-24-13-9-22(10-14-24)21-32(39)37-30-7-3-1-5-28(30)33(40)41/h1-10,13-14,17-20,23,25H,11-12,15-16,21H2,(H,37,39)(H,40,41)(H2,36,38,42). The van der Waals surface area contributed by atoms with Gasteiger partial charge in [0.1, 0.15) is 17.2 Å². The number of carbonyl (C=O) groups excluding carboxylic acids is 2. The minimum Gasteiger partial charge on any atom is -0.490 e. The Kier molecular flexibility index (Phi) is 9.99. The minimum absolute atomic E-state index is 0.0395. The first-order valence-corrected chi connectivity index (χ1v) is 14.7. The number of carboxylic acids is 1. The Morgan fingerprint density at radius 3 is 1.98 bits per heavy atom. The number of hydrogen-bond acceptors (Lipinski definition) is 5. The summed E-state index contributed by atoms with van der Waals surface area (Å²) >= 11 is 6.12. The van der Waals surface area contributed by atoms with E-state index in [1.807, 2.05) is 36.4 Å². The maximum atomic E-state index is 12.5. The SMILES string of the molecule is O=C(Cc1ccc(Oc2ccc(OC3CCC(NC(=O)Nc4ccccc4Cl)CC3)cc2)cc1)Nc1ccccc1C(=O)O. The van der Waals surface area contributed by atoms with Gasteiger partial charge >= 0.3 is 12.0 Å². The zero-order chi connectivity index (χ0) is 30.9. The van der Waals surface area contributed by atoms with Gasteiger partial charge in [0.25, 0.3) is 0 Å². The number of carboxylic acid groups (broad SMARTS) is 1. The van der Waals surface area contributed by atoms with Crippen LogP contribution in [0.1, 0.15) is 41.6 Å². The summed E-state index contributed by atoms with van der Waals surface area (Å²) in [7, 11) is 0. The highest BCUT2D eigenvalue weighted by molar-refractivity contribution is 6.33. The zero-order valence-electron chi connectivity index (χ0n) is 23.8. The summed E-state index contributed by atoms with van der Waals surface area (Å²) in [5.41, 5.74) is 1.64. The lowest BCUT2D eigenvalue weighted by molar-refractivity contribution is -0.115. The Labute approximate surface area is 260 Å². The fraction of sp³-hybridized carbons (Fsp3) is 0.206. The van der Waals surface area contributed by atoms with E-state index in [2.05, 4.69) is 16.0 Å². The molecule has 3 amide bonds. The van der Waals surface area contributed by atoms with Gasteiger partial charge < -0.3 is 30.5 Å². The van der Waals surface area contributed by atoms with Crippen LogP contribution >= 0.6 is 11.6 Å². The Bertz CT molecular complexity index is 1600. The molecule has 9 nitrogen and oxygen atoms in total. The van der Waals surface area contributed by atoms with Gasteiger partial charge in [0.15, 0.2) is 0 Å². The first-order valence-electron chi connectivity index (χ1n) is 14.3. The summed E-state index contributed by atoms with van der Waals surface area (Å²) in [6.45, 7) is 0. The molecule has 0 unspecified atom stereocenters. The predicted octanol–water partition coefficient (Wildman–Crippen LogP) is 7.52. The summed E-state index contributed by atoms with van der Waals surface area (Å²) in [6.07, 6.45) is 3.43. The molecule has 44 heavy (non-hydrogen) atoms. The number of anilines is 2. The number of urea groups is 1. The number of ether oxygens (including phenoxy) is 2. The summed E-state index contributed by atoms with van der Waals surface area (Å²) in [5.74, 6) is 0.590. The summed E-state index contributed by atoms with van der Waals surface area (Å²) in [5, 5.41) is 18.3. The number of aromatic carboxylic acids is 1. The van der Waals surface area contributed by atoms with Crippen molar-refractivity contribution in [3.8, 4) is 17.2 Å². The molecule has 0 bridgehead atoms. The van der Waals surface area contributed by atoms with Crippen molar-refractivity contribution in [1.82, 2.24) is 5.32 Å². The average Bonchev–Trinajstić information content (AvgIpc) is 3.01. The van der Waals surface area contributed by atoms with Crippen LogP contribution in [0, 0.1) is 0 Å². The predicted molar refractivity (Wildman–Crippen MR) is 169 cm³/mol. The quantitative estimate of drug-likeness (QED) is 0.146. The fourth-order valence-electron chi connectivity index (χ4n) is 4.98. The van der Waals surface area contributed by atoms with E-state index in [4.69, 9.17) is 21.1 Å². The second-order valence-electron chi connectivity index (χ2n) is 10.5. The fourth-order valence-corrected chi connectivity index (χ4v) is 5.16. The van der Waals surface area contributed by atoms with Crippen molar-refractivity contribution in [1.29, 1.82) is 0 Å². The first-order chi connectivity index (χ1) is 21.3. The van der Waals surface area contributed by atoms with E-state index in [1.165, 1.54) is 6.07 Å². The Morgan fingerprint density at radius 2 is 1.32 bits per heavy atom. The zero-order valence-corrected chi connectivity index (χ0v) is 24.6. The van der Waals surface area contributed by atoms with Gasteiger partial charge in [-0.25, -0.2) is 9.59 Å². The first kappa shape index (κ1) is 30.4. The van der Waals surface area contributed by atoms with E-state index in [9.17, 15) is 19.5 Å². The molecular weight excluding hydrogens is 582 g/mol. The molecule has 10 heteroatoms. The largest absolute Gasteiger partial charge is 0.490 e. The maximum Gasteiger partial charge on any atom is 0.337 e. The molecule has 1 aliphatic rings. The third kappa shape index (κ3) is 8.52. The second-order valence-corrected chi connectivity index (χ2v) is 10.9. The van der Waals surface area contributed by atoms with Gasteiger partial charge in [-0.05, 0) is 91.9 Å². The van der Waals surface area contributed by atoms with Crippen molar-refractivity contribution in [2.45, 2.75) is 44.2 Å². The molecular formula is C34H32ClN3O6. The number of hydrogen-bond donors (Lipinski definition) is 4. The maximum absolute atomic E-state index is 12.5. The molecule has 4 aromatic carbocycles. The van der Waals surface area contributed by atoms with Crippen LogP contribution in [0.2, 0.25) is 5.02 Å². The molecule has 1 fully saturated rings. The van der Waals surface area contributed by atoms with E-state index < -0.39 is 5.97 Å². The second kappa shape index (κ2) is 14.4. The molecule has 0 radical (unpaired) electrons. The molecule has 0 aliphatic heterocycles. The van der Waals surface area contributed by atoms with Crippen molar-refractivity contribution in [3.63, 3.8) is 0 Å². The van der Waals surface area contributed by atoms with Crippen LogP contribution in [0.25, 0.3) is 0 Å². The Balaban J connectivity index is 1.04. The van der Waals surface area contributed by atoms with Gasteiger partial charge in [0.05, 0.1) is 34.5 Å². The third-order valence-electron chi connectivity index (χ3n) is 7.21. The van der Waals surface area contributed by atoms with Crippen molar-refractivity contribution in [2.75, 3.05) is 10.6 Å². The molecule has 0 heterocycles. The third-order valence-corrected chi connectivity index (χ3v) is 7.54. The monoisotopic (exact) mass is 613 g/mol. The topological polar surface area (TPSA) is 126 Å². The van der Waals surface area contributed by atoms with Crippen LogP contribution in [0.3, 0.4) is 0 Å². The van der Waals surface area contributed by atoms with Crippen LogP contribution in [0.4, 0.5) is 16.2 Å². The lowest BCUT2D eigenvalue weighted by Crippen LogP contribution is -2.41. The van der Waals surface area contributed by atoms with Crippen molar-refractivity contribution >= 4 is 40.9 Å². The van der Waals surface area contributed by atoms with E-state index >= 15 is 0 Å². The van der Waals surface area contributed by atoms with Gasteiger partial charge in [-0.3, -0.25) is 4.79 Å². The van der Waals surface area contributed by atoms with Crippen LogP contribution in [-0.4, -0.2) is 35.2 Å². The van der Waals surface area contributed by atoms with Gasteiger partial charge in [-0.15, -0.1) is 0 Å². The van der Waals surface area contributed by atoms with Gasteiger partial charge in [-0.2, -0.15) is 0 Å². The van der Waals surface area contributed by atoms with Crippen LogP contribution in [0.15, 0.2) is 97.1 Å². The van der Waals surface area contributed by atoms with E-state index in [-0.39, 0.29) is 41.8 Å². The van der Waals surface area contributed by atoms with Crippen LogP contribution < -0.4 is 25.4 Å². The van der Waals surface area contributed by atoms with Crippen LogP contribution in [-0.2, 0) is 11.2 Å². The molecule has 4 N–H and O–H groups in total. The minimum atomic E-state index is -1.10. The van der Waals surface area contributed by atoms with Gasteiger partial charge in [0, 0.05) is 6.04 Å². The smallest absolute Gasteiger partial charge is 0.337 e. The van der Waals surface area contributed by atoms with E-state index in [0.29, 0.717) is 22.2 Å². The molecule has 0 aromatic heterocycles. The van der Waals surface area contributed by atoms with E-state index in [0.717, 1.165) is 37.0 Å². The average molecular weight is 614 g/mol. The highest BCUT2D eigenvalue weighted by Crippen LogP contribution is 2.28. The molecule has 4 aromatic rings. The lowest BCUT2D eigenvalue weighted by atomic mass is 9.93. The Morgan fingerprint density at radius 1 is 0.727 bits per heavy atom. The number of benzene rings is 4. The summed E-state index contributed by atoms with van der Waals surface area (Å²) in [4.78, 5) is 36.2.